The molecule has 6 heteroatoms. The van der Waals surface area contributed by atoms with Crippen LogP contribution in [-0.2, 0) is 0 Å². The van der Waals surface area contributed by atoms with E-state index in [4.69, 9.17) is 11.6 Å². The average Bonchev–Trinajstić information content (AvgIpc) is 2.65. The first-order chi connectivity index (χ1) is 12.8. The number of halogens is 3. The van der Waals surface area contributed by atoms with E-state index in [1.54, 1.807) is 18.2 Å². The van der Waals surface area contributed by atoms with Gasteiger partial charge in [-0.15, -0.1) is 0 Å². The van der Waals surface area contributed by atoms with E-state index in [1.807, 2.05) is 19.1 Å². The first-order valence-corrected chi connectivity index (χ1v) is 9.36. The molecule has 144 valence electrons. The van der Waals surface area contributed by atoms with Crippen LogP contribution in [0.15, 0.2) is 42.5 Å². The summed E-state index contributed by atoms with van der Waals surface area (Å²) in [5.74, 6) is -1.03. The molecule has 0 heterocycles. The van der Waals surface area contributed by atoms with E-state index in [0.29, 0.717) is 11.1 Å². The van der Waals surface area contributed by atoms with Gasteiger partial charge in [0.05, 0.1) is 16.7 Å². The minimum atomic E-state index is -1.40. The lowest BCUT2D eigenvalue weighted by Gasteiger charge is -2.41. The van der Waals surface area contributed by atoms with E-state index in [0.717, 1.165) is 5.56 Å². The minimum absolute atomic E-state index is 0.150. The van der Waals surface area contributed by atoms with Crippen molar-refractivity contribution in [2.45, 2.75) is 50.4 Å². The molecule has 1 atom stereocenters. The second kappa shape index (κ2) is 7.95. The molecule has 0 radical (unpaired) electrons. The predicted molar refractivity (Wildman–Crippen MR) is 101 cm³/mol. The molecule has 3 nitrogen and oxygen atoms in total. The van der Waals surface area contributed by atoms with E-state index >= 15 is 0 Å². The molecule has 1 aliphatic carbocycles. The molecule has 3 rings (SSSR count). The maximum Gasteiger partial charge on any atom is 0.252 e. The van der Waals surface area contributed by atoms with Crippen molar-refractivity contribution in [3.05, 3.63) is 70.0 Å². The molecule has 1 unspecified atom stereocenters. The lowest BCUT2D eigenvalue weighted by atomic mass is 9.76. The lowest BCUT2D eigenvalue weighted by molar-refractivity contribution is -0.0445. The molecule has 0 saturated heterocycles. The van der Waals surface area contributed by atoms with E-state index in [2.05, 4.69) is 5.32 Å². The van der Waals surface area contributed by atoms with Crippen molar-refractivity contribution in [3.63, 3.8) is 0 Å². The van der Waals surface area contributed by atoms with Gasteiger partial charge in [0.1, 0.15) is 12.0 Å². The van der Waals surface area contributed by atoms with E-state index in [1.165, 1.54) is 12.1 Å². The van der Waals surface area contributed by atoms with Gasteiger partial charge in [-0.25, -0.2) is 8.78 Å². The van der Waals surface area contributed by atoms with Gasteiger partial charge in [0.15, 0.2) is 0 Å². The van der Waals surface area contributed by atoms with Gasteiger partial charge in [-0.2, -0.15) is 0 Å². The molecule has 27 heavy (non-hydrogen) atoms. The Labute approximate surface area is 162 Å². The van der Waals surface area contributed by atoms with Gasteiger partial charge in [-0.3, -0.25) is 4.79 Å². The molecule has 0 spiro atoms. The summed E-state index contributed by atoms with van der Waals surface area (Å²) in [4.78, 5) is 12.9. The summed E-state index contributed by atoms with van der Waals surface area (Å²) in [7, 11) is 0. The highest BCUT2D eigenvalue weighted by Crippen LogP contribution is 2.42. The first-order valence-electron chi connectivity index (χ1n) is 8.98. The molecule has 1 aliphatic rings. The summed E-state index contributed by atoms with van der Waals surface area (Å²) in [5, 5.41) is 13.9. The molecule has 1 saturated carbocycles. The van der Waals surface area contributed by atoms with Crippen molar-refractivity contribution in [2.24, 2.45) is 0 Å². The summed E-state index contributed by atoms with van der Waals surface area (Å²) in [5.41, 5.74) is 0.119. The third-order valence-corrected chi connectivity index (χ3v) is 5.67. The van der Waals surface area contributed by atoms with Gasteiger partial charge < -0.3 is 10.4 Å². The molecule has 0 bridgehead atoms. The van der Waals surface area contributed by atoms with E-state index in [-0.39, 0.29) is 30.7 Å². The highest BCUT2D eigenvalue weighted by atomic mass is 35.5. The highest BCUT2D eigenvalue weighted by molar-refractivity contribution is 6.31. The summed E-state index contributed by atoms with van der Waals surface area (Å²) < 4.78 is 27.7. The number of benzene rings is 2. The second-order valence-electron chi connectivity index (χ2n) is 7.14. The van der Waals surface area contributed by atoms with Gasteiger partial charge in [-0.1, -0.05) is 41.9 Å². The first kappa shape index (κ1) is 19.8. The Morgan fingerprint density at radius 2 is 1.89 bits per heavy atom. The van der Waals surface area contributed by atoms with Crippen molar-refractivity contribution in [2.75, 3.05) is 0 Å². The Bertz CT molecular complexity index is 835. The molecular weight excluding hydrogens is 372 g/mol. The SMILES string of the molecule is Cc1ccccc1C(=O)NC(c1cccc(F)c1Cl)C1(O)CCC(F)CC1. The lowest BCUT2D eigenvalue weighted by Crippen LogP contribution is -2.48. The number of hydrogen-bond donors (Lipinski definition) is 2. The molecule has 0 aliphatic heterocycles. The predicted octanol–water partition coefficient (Wildman–Crippen LogP) is 4.90. The van der Waals surface area contributed by atoms with Crippen LogP contribution >= 0.6 is 11.6 Å². The number of nitrogens with one attached hydrogen (secondary N) is 1. The zero-order valence-corrected chi connectivity index (χ0v) is 15.8. The standard InChI is InChI=1S/C21H22ClF2NO2/c1-13-5-2-3-6-15(13)20(26)25-19(16-7-4-8-17(24)18(16)22)21(27)11-9-14(23)10-12-21/h2-8,14,19,27H,9-12H2,1H3,(H,25,26). The number of aliphatic hydroxyl groups is 1. The maximum atomic E-state index is 14.0. The van der Waals surface area contributed by atoms with E-state index in [9.17, 15) is 18.7 Å². The molecule has 2 N–H and O–H groups in total. The zero-order chi connectivity index (χ0) is 19.6. The number of amides is 1. The van der Waals surface area contributed by atoms with Crippen molar-refractivity contribution in [1.29, 1.82) is 0 Å². The third-order valence-electron chi connectivity index (χ3n) is 5.28. The van der Waals surface area contributed by atoms with Crippen LogP contribution in [-0.4, -0.2) is 22.8 Å². The normalized spacial score (nSPS) is 23.7. The Kier molecular flexibility index (Phi) is 5.82. The number of carbonyl (C=O) groups excluding carboxylic acids is 1. The molecule has 1 amide bonds. The van der Waals surface area contributed by atoms with Gasteiger partial charge >= 0.3 is 0 Å². The van der Waals surface area contributed by atoms with Crippen LogP contribution in [0.5, 0.6) is 0 Å². The van der Waals surface area contributed by atoms with Crippen molar-refractivity contribution < 1.29 is 18.7 Å². The van der Waals surface area contributed by atoms with Crippen LogP contribution in [0.3, 0.4) is 0 Å². The van der Waals surface area contributed by atoms with Crippen LogP contribution in [0.25, 0.3) is 0 Å². The van der Waals surface area contributed by atoms with E-state index < -0.39 is 29.5 Å². The summed E-state index contributed by atoms with van der Waals surface area (Å²) in [6.07, 6.45) is -0.319. The summed E-state index contributed by atoms with van der Waals surface area (Å²) >= 11 is 6.15. The molecular formula is C21H22ClF2NO2. The van der Waals surface area contributed by atoms with Crippen molar-refractivity contribution in [3.8, 4) is 0 Å². The third kappa shape index (κ3) is 4.14. The van der Waals surface area contributed by atoms with Crippen LogP contribution in [0.1, 0.15) is 53.2 Å². The minimum Gasteiger partial charge on any atom is -0.387 e. The van der Waals surface area contributed by atoms with Gasteiger partial charge in [0, 0.05) is 5.56 Å². The summed E-state index contributed by atoms with van der Waals surface area (Å²) in [6, 6.07) is 10.4. The largest absolute Gasteiger partial charge is 0.387 e. The zero-order valence-electron chi connectivity index (χ0n) is 15.0. The summed E-state index contributed by atoms with van der Waals surface area (Å²) in [6.45, 7) is 1.81. The Morgan fingerprint density at radius 3 is 2.56 bits per heavy atom. The Balaban J connectivity index is 1.99. The molecule has 2 aromatic carbocycles. The van der Waals surface area contributed by atoms with Crippen LogP contribution in [0.4, 0.5) is 8.78 Å². The monoisotopic (exact) mass is 393 g/mol. The number of aryl methyl sites for hydroxylation is 1. The molecule has 2 aromatic rings. The van der Waals surface area contributed by atoms with Crippen LogP contribution in [0, 0.1) is 12.7 Å². The topological polar surface area (TPSA) is 49.3 Å². The molecule has 0 aromatic heterocycles. The van der Waals surface area contributed by atoms with Crippen LogP contribution in [0.2, 0.25) is 5.02 Å². The number of carbonyl (C=O) groups is 1. The number of rotatable bonds is 4. The quantitative estimate of drug-likeness (QED) is 0.776. The highest BCUT2D eigenvalue weighted by Gasteiger charge is 2.43. The average molecular weight is 394 g/mol. The number of alkyl halides is 1. The van der Waals surface area contributed by atoms with Gasteiger partial charge in [0.2, 0.25) is 0 Å². The van der Waals surface area contributed by atoms with Crippen molar-refractivity contribution in [1.82, 2.24) is 5.32 Å². The fourth-order valence-corrected chi connectivity index (χ4v) is 3.89. The maximum absolute atomic E-state index is 14.0. The van der Waals surface area contributed by atoms with Gasteiger partial charge in [0.25, 0.3) is 5.91 Å². The second-order valence-corrected chi connectivity index (χ2v) is 7.52. The smallest absolute Gasteiger partial charge is 0.252 e. The van der Waals surface area contributed by atoms with Crippen molar-refractivity contribution >= 4 is 17.5 Å². The fraction of sp³-hybridized carbons (Fsp3) is 0.381. The van der Waals surface area contributed by atoms with Gasteiger partial charge in [-0.05, 0) is 55.9 Å². The van der Waals surface area contributed by atoms with Crippen LogP contribution < -0.4 is 5.32 Å². The molecule has 1 fully saturated rings. The number of hydrogen-bond acceptors (Lipinski definition) is 2. The Hall–Kier alpha value is -1.98. The fourth-order valence-electron chi connectivity index (χ4n) is 3.65. The Morgan fingerprint density at radius 1 is 1.22 bits per heavy atom.